The topological polar surface area (TPSA) is 49.3 Å². The van der Waals surface area contributed by atoms with Gasteiger partial charge in [0.25, 0.3) is 0 Å². The van der Waals surface area contributed by atoms with Gasteiger partial charge in [0.15, 0.2) is 0 Å². The van der Waals surface area contributed by atoms with Crippen molar-refractivity contribution in [3.05, 3.63) is 29.8 Å². The number of hydrogen-bond acceptors (Lipinski definition) is 3. The molecule has 0 unspecified atom stereocenters. The van der Waals surface area contributed by atoms with Gasteiger partial charge in [0.05, 0.1) is 0 Å². The summed E-state index contributed by atoms with van der Waals surface area (Å²) in [6.07, 6.45) is 2.54. The van der Waals surface area contributed by atoms with Crippen LogP contribution in [0.3, 0.4) is 0 Å². The Kier molecular flexibility index (Phi) is 4.30. The van der Waals surface area contributed by atoms with Crippen LogP contribution in [-0.2, 0) is 4.79 Å². The van der Waals surface area contributed by atoms with E-state index in [4.69, 9.17) is 5.11 Å². The Balaban J connectivity index is 1.73. The Morgan fingerprint density at radius 3 is 2.56 bits per heavy atom. The van der Waals surface area contributed by atoms with Crippen LogP contribution in [0.2, 0.25) is 0 Å². The lowest BCUT2D eigenvalue weighted by atomic mass is 9.77. The van der Waals surface area contributed by atoms with Crippen LogP contribution in [0.1, 0.15) is 24.8 Å². The second-order valence-corrected chi connectivity index (χ2v) is 6.00. The van der Waals surface area contributed by atoms with Gasteiger partial charge in [-0.3, -0.25) is 4.79 Å². The summed E-state index contributed by atoms with van der Waals surface area (Å²) in [7, 11) is 0. The largest absolute Gasteiger partial charge is 0.480 e. The Labute approximate surface area is 112 Å². The Morgan fingerprint density at radius 1 is 1.39 bits per heavy atom. The van der Waals surface area contributed by atoms with Crippen molar-refractivity contribution in [2.24, 2.45) is 0 Å². The Morgan fingerprint density at radius 2 is 2.06 bits per heavy atom. The third kappa shape index (κ3) is 3.06. The Bertz CT molecular complexity index is 412. The summed E-state index contributed by atoms with van der Waals surface area (Å²) >= 11 is 1.76. The molecule has 1 aliphatic rings. The molecule has 0 amide bonds. The van der Waals surface area contributed by atoms with Crippen LogP contribution < -0.4 is 5.32 Å². The van der Waals surface area contributed by atoms with Gasteiger partial charge in [-0.05, 0) is 38.3 Å². The molecule has 2 rings (SSSR count). The molecule has 1 aliphatic carbocycles. The zero-order valence-electron chi connectivity index (χ0n) is 10.6. The number of aryl methyl sites for hydroxylation is 1. The molecule has 98 valence electrons. The summed E-state index contributed by atoms with van der Waals surface area (Å²) < 4.78 is 0. The number of carboxylic acid groups (broad SMARTS) is 1. The van der Waals surface area contributed by atoms with Crippen molar-refractivity contribution in [3.63, 3.8) is 0 Å². The molecule has 2 N–H and O–H groups in total. The highest BCUT2D eigenvalue weighted by atomic mass is 32.2. The fourth-order valence-electron chi connectivity index (χ4n) is 2.09. The molecule has 0 aromatic heterocycles. The van der Waals surface area contributed by atoms with E-state index < -0.39 is 11.5 Å². The number of aliphatic carboxylic acids is 1. The molecule has 0 bridgehead atoms. The molecule has 1 fully saturated rings. The third-order valence-electron chi connectivity index (χ3n) is 3.47. The lowest BCUT2D eigenvalue weighted by Crippen LogP contribution is -2.57. The second-order valence-electron chi connectivity index (χ2n) is 4.83. The highest BCUT2D eigenvalue weighted by Crippen LogP contribution is 2.32. The second kappa shape index (κ2) is 5.76. The molecule has 3 nitrogen and oxygen atoms in total. The highest BCUT2D eigenvalue weighted by Gasteiger charge is 2.43. The van der Waals surface area contributed by atoms with Crippen LogP contribution in [-0.4, -0.2) is 28.9 Å². The summed E-state index contributed by atoms with van der Waals surface area (Å²) in [6.45, 7) is 2.81. The van der Waals surface area contributed by atoms with Gasteiger partial charge in [0.1, 0.15) is 5.54 Å². The predicted octanol–water partition coefficient (Wildman–Crippen LogP) is 2.68. The fraction of sp³-hybridized carbons (Fsp3) is 0.500. The number of hydrogen-bond donors (Lipinski definition) is 2. The summed E-state index contributed by atoms with van der Waals surface area (Å²) in [6, 6.07) is 8.41. The monoisotopic (exact) mass is 265 g/mol. The van der Waals surface area contributed by atoms with Crippen molar-refractivity contribution in [2.45, 2.75) is 36.6 Å². The highest BCUT2D eigenvalue weighted by molar-refractivity contribution is 7.99. The standard InChI is InChI=1S/C14H19NO2S/c1-11-3-5-12(6-4-11)18-10-9-15-14(13(16)17)7-2-8-14/h3-6,15H,2,7-10H2,1H3,(H,16,17). The molecule has 0 heterocycles. The van der Waals surface area contributed by atoms with Gasteiger partial charge >= 0.3 is 5.97 Å². The molecular weight excluding hydrogens is 246 g/mol. The van der Waals surface area contributed by atoms with Crippen LogP contribution in [0, 0.1) is 6.92 Å². The number of carbonyl (C=O) groups is 1. The van der Waals surface area contributed by atoms with E-state index in [9.17, 15) is 4.79 Å². The summed E-state index contributed by atoms with van der Waals surface area (Å²) in [5.74, 6) is 0.201. The van der Waals surface area contributed by atoms with E-state index in [0.717, 1.165) is 31.6 Å². The molecule has 0 spiro atoms. The minimum absolute atomic E-state index is 0.631. The first-order valence-corrected chi connectivity index (χ1v) is 7.29. The van der Waals surface area contributed by atoms with E-state index in [2.05, 4.69) is 36.5 Å². The first kappa shape index (κ1) is 13.4. The molecule has 1 saturated carbocycles. The van der Waals surface area contributed by atoms with Crippen molar-refractivity contribution < 1.29 is 9.90 Å². The van der Waals surface area contributed by atoms with Crippen LogP contribution in [0.5, 0.6) is 0 Å². The summed E-state index contributed by atoms with van der Waals surface area (Å²) in [4.78, 5) is 12.4. The minimum Gasteiger partial charge on any atom is -0.480 e. The zero-order valence-corrected chi connectivity index (χ0v) is 11.4. The van der Waals surface area contributed by atoms with Crippen LogP contribution in [0.15, 0.2) is 29.2 Å². The van der Waals surface area contributed by atoms with E-state index in [-0.39, 0.29) is 0 Å². The number of nitrogens with one attached hydrogen (secondary N) is 1. The minimum atomic E-state index is -0.700. The molecule has 1 aromatic carbocycles. The fourth-order valence-corrected chi connectivity index (χ4v) is 2.86. The number of rotatable bonds is 6. The van der Waals surface area contributed by atoms with E-state index in [1.165, 1.54) is 10.5 Å². The average molecular weight is 265 g/mol. The first-order valence-electron chi connectivity index (χ1n) is 6.30. The van der Waals surface area contributed by atoms with Gasteiger partial charge in [-0.15, -0.1) is 11.8 Å². The summed E-state index contributed by atoms with van der Waals surface area (Å²) in [5.41, 5.74) is 0.630. The number of benzene rings is 1. The van der Waals surface area contributed by atoms with Crippen LogP contribution in [0.4, 0.5) is 0 Å². The molecule has 0 atom stereocenters. The quantitative estimate of drug-likeness (QED) is 0.613. The molecule has 4 heteroatoms. The lowest BCUT2D eigenvalue weighted by Gasteiger charge is -2.38. The number of thioether (sulfide) groups is 1. The van der Waals surface area contributed by atoms with Gasteiger partial charge in [-0.25, -0.2) is 0 Å². The van der Waals surface area contributed by atoms with Crippen molar-refractivity contribution in [3.8, 4) is 0 Å². The first-order chi connectivity index (χ1) is 8.62. The van der Waals surface area contributed by atoms with E-state index in [1.54, 1.807) is 11.8 Å². The maximum Gasteiger partial charge on any atom is 0.323 e. The summed E-state index contributed by atoms with van der Waals surface area (Å²) in [5, 5.41) is 12.4. The van der Waals surface area contributed by atoms with Gasteiger partial charge in [-0.2, -0.15) is 0 Å². The maximum absolute atomic E-state index is 11.1. The SMILES string of the molecule is Cc1ccc(SCCNC2(C(=O)O)CCC2)cc1. The van der Waals surface area contributed by atoms with Gasteiger partial charge < -0.3 is 10.4 Å². The van der Waals surface area contributed by atoms with Gasteiger partial charge in [-0.1, -0.05) is 17.7 Å². The van der Waals surface area contributed by atoms with Crippen molar-refractivity contribution >= 4 is 17.7 Å². The van der Waals surface area contributed by atoms with E-state index >= 15 is 0 Å². The number of carboxylic acids is 1. The van der Waals surface area contributed by atoms with Gasteiger partial charge in [0.2, 0.25) is 0 Å². The predicted molar refractivity (Wildman–Crippen MR) is 74.1 cm³/mol. The van der Waals surface area contributed by atoms with Crippen molar-refractivity contribution in [1.29, 1.82) is 0 Å². The van der Waals surface area contributed by atoms with E-state index in [1.807, 2.05) is 0 Å². The normalized spacial score (nSPS) is 17.2. The maximum atomic E-state index is 11.1. The molecule has 1 aromatic rings. The zero-order chi connectivity index (χ0) is 13.0. The average Bonchev–Trinajstić information content (AvgIpc) is 2.29. The Hall–Kier alpha value is -1.00. The smallest absolute Gasteiger partial charge is 0.323 e. The lowest BCUT2D eigenvalue weighted by molar-refractivity contribution is -0.148. The van der Waals surface area contributed by atoms with Crippen LogP contribution >= 0.6 is 11.8 Å². The molecular formula is C14H19NO2S. The molecule has 18 heavy (non-hydrogen) atoms. The molecule has 0 saturated heterocycles. The molecule has 0 radical (unpaired) electrons. The van der Waals surface area contributed by atoms with Crippen LogP contribution in [0.25, 0.3) is 0 Å². The van der Waals surface area contributed by atoms with Gasteiger partial charge in [0, 0.05) is 17.2 Å². The van der Waals surface area contributed by atoms with E-state index in [0.29, 0.717) is 0 Å². The van der Waals surface area contributed by atoms with Crippen molar-refractivity contribution in [2.75, 3.05) is 12.3 Å². The molecule has 0 aliphatic heterocycles. The van der Waals surface area contributed by atoms with Crippen molar-refractivity contribution in [1.82, 2.24) is 5.32 Å². The third-order valence-corrected chi connectivity index (χ3v) is 4.49.